The van der Waals surface area contributed by atoms with Gasteiger partial charge in [-0.2, -0.15) is 0 Å². The number of hydrogen-bond donors (Lipinski definition) is 0. The van der Waals surface area contributed by atoms with E-state index in [2.05, 4.69) is 80.1 Å². The van der Waals surface area contributed by atoms with Crippen molar-refractivity contribution in [2.75, 3.05) is 11.9 Å². The lowest BCUT2D eigenvalue weighted by atomic mass is 9.95. The van der Waals surface area contributed by atoms with Crippen LogP contribution in [0, 0.1) is 0 Å². The van der Waals surface area contributed by atoms with E-state index < -0.39 is 0 Å². The Balaban J connectivity index is 2.10. The Morgan fingerprint density at radius 2 is 1.95 bits per heavy atom. The maximum absolute atomic E-state index is 4.15. The molecule has 0 radical (unpaired) electrons. The fourth-order valence-electron chi connectivity index (χ4n) is 2.36. The van der Waals surface area contributed by atoms with Gasteiger partial charge in [-0.05, 0) is 48.6 Å². The number of nitrogens with zero attached hydrogens (tertiary/aromatic N) is 1. The minimum Gasteiger partial charge on any atom is -0.348 e. The summed E-state index contributed by atoms with van der Waals surface area (Å²) in [5, 5.41) is 0. The van der Waals surface area contributed by atoms with Crippen molar-refractivity contribution < 1.29 is 0 Å². The molecule has 0 aromatic heterocycles. The second-order valence-corrected chi connectivity index (χ2v) is 5.08. The van der Waals surface area contributed by atoms with Gasteiger partial charge in [-0.3, -0.25) is 0 Å². The van der Waals surface area contributed by atoms with Crippen LogP contribution in [-0.4, -0.2) is 7.05 Å². The van der Waals surface area contributed by atoms with E-state index in [1.54, 1.807) is 0 Å². The monoisotopic (exact) mass is 265 g/mol. The summed E-state index contributed by atoms with van der Waals surface area (Å²) in [5.74, 6) is 0. The van der Waals surface area contributed by atoms with Crippen LogP contribution in [0.25, 0.3) is 0 Å². The van der Waals surface area contributed by atoms with Crippen LogP contribution in [0.15, 0.2) is 78.1 Å². The van der Waals surface area contributed by atoms with Gasteiger partial charge in [0.15, 0.2) is 0 Å². The smallest absolute Gasteiger partial charge is 0.0405 e. The van der Waals surface area contributed by atoms with Crippen LogP contribution in [0.4, 0.5) is 5.69 Å². The largest absolute Gasteiger partial charge is 0.348 e. The molecule has 0 fully saturated rings. The Kier molecular flexibility index (Phi) is 5.00. The summed E-state index contributed by atoms with van der Waals surface area (Å²) >= 11 is 0. The quantitative estimate of drug-likeness (QED) is 0.657. The molecule has 1 aliphatic rings. The van der Waals surface area contributed by atoms with Crippen molar-refractivity contribution in [2.24, 2.45) is 0 Å². The summed E-state index contributed by atoms with van der Waals surface area (Å²) in [7, 11) is 2.13. The highest BCUT2D eigenvalue weighted by atomic mass is 15.1. The van der Waals surface area contributed by atoms with Crippen molar-refractivity contribution in [1.82, 2.24) is 0 Å². The molecule has 0 unspecified atom stereocenters. The van der Waals surface area contributed by atoms with Gasteiger partial charge in [-0.25, -0.2) is 0 Å². The average molecular weight is 265 g/mol. The second kappa shape index (κ2) is 6.95. The second-order valence-electron chi connectivity index (χ2n) is 5.08. The normalized spacial score (nSPS) is 14.9. The van der Waals surface area contributed by atoms with E-state index in [1.807, 2.05) is 0 Å². The summed E-state index contributed by atoms with van der Waals surface area (Å²) in [5.41, 5.74) is 5.08. The van der Waals surface area contributed by atoms with Crippen LogP contribution in [-0.2, 0) is 0 Å². The van der Waals surface area contributed by atoms with Gasteiger partial charge in [-0.1, -0.05) is 49.9 Å². The standard InChI is InChI=1S/C19H23N/c1-4-5-9-16(2)17-12-14-19(15-13-17)20(3)18-10-7-6-8-11-18/h5-12,14H,2,4,13,15H2,1,3H3/b9-5-. The molecule has 104 valence electrons. The number of benzene rings is 1. The summed E-state index contributed by atoms with van der Waals surface area (Å²) in [6.07, 6.45) is 11.9. The predicted molar refractivity (Wildman–Crippen MR) is 88.8 cm³/mol. The zero-order chi connectivity index (χ0) is 14.4. The summed E-state index contributed by atoms with van der Waals surface area (Å²) in [6, 6.07) is 10.5. The van der Waals surface area contributed by atoms with Crippen LogP contribution >= 0.6 is 0 Å². The zero-order valence-electron chi connectivity index (χ0n) is 12.5. The molecule has 1 aromatic carbocycles. The van der Waals surface area contributed by atoms with Crippen LogP contribution in [0.3, 0.4) is 0 Å². The van der Waals surface area contributed by atoms with Gasteiger partial charge in [0, 0.05) is 18.4 Å². The molecule has 1 aliphatic carbocycles. The molecule has 0 spiro atoms. The van der Waals surface area contributed by atoms with Crippen LogP contribution in [0.1, 0.15) is 26.2 Å². The molecule has 0 heterocycles. The lowest BCUT2D eigenvalue weighted by Crippen LogP contribution is -2.17. The summed E-state index contributed by atoms with van der Waals surface area (Å²) < 4.78 is 0. The number of anilines is 1. The van der Waals surface area contributed by atoms with Crippen molar-refractivity contribution in [3.8, 4) is 0 Å². The van der Waals surface area contributed by atoms with E-state index in [9.17, 15) is 0 Å². The maximum Gasteiger partial charge on any atom is 0.0405 e. The molecule has 0 bridgehead atoms. The van der Waals surface area contributed by atoms with E-state index >= 15 is 0 Å². The highest BCUT2D eigenvalue weighted by molar-refractivity contribution is 5.53. The van der Waals surface area contributed by atoms with E-state index in [-0.39, 0.29) is 0 Å². The third-order valence-electron chi connectivity index (χ3n) is 3.67. The van der Waals surface area contributed by atoms with Gasteiger partial charge < -0.3 is 4.90 Å². The molecule has 0 aliphatic heterocycles. The van der Waals surface area contributed by atoms with E-state index in [4.69, 9.17) is 0 Å². The SMILES string of the molecule is C=C(/C=C\CC)C1=CC=C(N(C)c2ccccc2)CC1. The van der Waals surface area contributed by atoms with Crippen LogP contribution in [0.2, 0.25) is 0 Å². The van der Waals surface area contributed by atoms with Gasteiger partial charge in [0.25, 0.3) is 0 Å². The van der Waals surface area contributed by atoms with Crippen molar-refractivity contribution in [2.45, 2.75) is 26.2 Å². The average Bonchev–Trinajstić information content (AvgIpc) is 2.53. The van der Waals surface area contributed by atoms with E-state index in [0.29, 0.717) is 0 Å². The fourth-order valence-corrected chi connectivity index (χ4v) is 2.36. The summed E-state index contributed by atoms with van der Waals surface area (Å²) in [6.45, 7) is 6.29. The van der Waals surface area contributed by atoms with E-state index in [0.717, 1.165) is 24.8 Å². The third kappa shape index (κ3) is 3.51. The Bertz CT molecular complexity index is 546. The van der Waals surface area contributed by atoms with Crippen LogP contribution < -0.4 is 4.90 Å². The van der Waals surface area contributed by atoms with Gasteiger partial charge in [0.1, 0.15) is 0 Å². The van der Waals surface area contributed by atoms with E-state index in [1.165, 1.54) is 17.0 Å². The highest BCUT2D eigenvalue weighted by Crippen LogP contribution is 2.28. The number of allylic oxidation sites excluding steroid dienone is 7. The van der Waals surface area contributed by atoms with Gasteiger partial charge >= 0.3 is 0 Å². The van der Waals surface area contributed by atoms with Gasteiger partial charge in [-0.15, -0.1) is 0 Å². The molecule has 1 nitrogen and oxygen atoms in total. The predicted octanol–water partition coefficient (Wildman–Crippen LogP) is 5.25. The minimum atomic E-state index is 1.06. The van der Waals surface area contributed by atoms with Crippen molar-refractivity contribution >= 4 is 5.69 Å². The first-order valence-corrected chi connectivity index (χ1v) is 7.26. The zero-order valence-corrected chi connectivity index (χ0v) is 12.5. The molecular formula is C19H23N. The molecule has 2 rings (SSSR count). The molecule has 0 saturated heterocycles. The Hall–Kier alpha value is -2.02. The third-order valence-corrected chi connectivity index (χ3v) is 3.67. The molecule has 1 aromatic rings. The highest BCUT2D eigenvalue weighted by Gasteiger charge is 2.12. The number of hydrogen-bond acceptors (Lipinski definition) is 1. The molecule has 0 saturated carbocycles. The molecular weight excluding hydrogens is 242 g/mol. The molecule has 0 atom stereocenters. The first kappa shape index (κ1) is 14.4. The Morgan fingerprint density at radius 3 is 2.55 bits per heavy atom. The molecule has 0 amide bonds. The number of para-hydroxylation sites is 1. The van der Waals surface area contributed by atoms with Crippen molar-refractivity contribution in [1.29, 1.82) is 0 Å². The maximum atomic E-state index is 4.15. The first-order valence-electron chi connectivity index (χ1n) is 7.26. The van der Waals surface area contributed by atoms with Crippen LogP contribution in [0.5, 0.6) is 0 Å². The lowest BCUT2D eigenvalue weighted by Gasteiger charge is -2.25. The lowest BCUT2D eigenvalue weighted by molar-refractivity contribution is 0.868. The molecule has 20 heavy (non-hydrogen) atoms. The van der Waals surface area contributed by atoms with Crippen molar-refractivity contribution in [3.63, 3.8) is 0 Å². The van der Waals surface area contributed by atoms with Crippen molar-refractivity contribution in [3.05, 3.63) is 78.1 Å². The first-order chi connectivity index (χ1) is 9.72. The Morgan fingerprint density at radius 1 is 1.20 bits per heavy atom. The molecule has 1 heteroatoms. The van der Waals surface area contributed by atoms with Gasteiger partial charge in [0.05, 0.1) is 0 Å². The van der Waals surface area contributed by atoms with Gasteiger partial charge in [0.2, 0.25) is 0 Å². The molecule has 0 N–H and O–H groups in total. The fraction of sp³-hybridized carbons (Fsp3) is 0.263. The number of rotatable bonds is 5. The topological polar surface area (TPSA) is 3.24 Å². The summed E-state index contributed by atoms with van der Waals surface area (Å²) in [4.78, 5) is 2.26. The minimum absolute atomic E-state index is 1.06. The Labute approximate surface area is 122 Å².